The van der Waals surface area contributed by atoms with Crippen molar-refractivity contribution < 1.29 is 32.4 Å². The van der Waals surface area contributed by atoms with Crippen molar-refractivity contribution in [2.75, 3.05) is 13.1 Å². The van der Waals surface area contributed by atoms with Gasteiger partial charge in [-0.25, -0.2) is 12.8 Å². The number of hydrogen-bond acceptors (Lipinski definition) is 6. The van der Waals surface area contributed by atoms with Crippen molar-refractivity contribution in [2.24, 2.45) is 0 Å². The van der Waals surface area contributed by atoms with Gasteiger partial charge in [0.15, 0.2) is 0 Å². The van der Waals surface area contributed by atoms with Gasteiger partial charge < -0.3 is 10.4 Å². The quantitative estimate of drug-likeness (QED) is 0.488. The molecule has 2 N–H and O–H groups in total. The largest absolute Gasteiger partial charge is 0.480 e. The number of nitro benzene ring substituents is 1. The Balaban J connectivity index is 3.42. The number of benzene rings is 1. The number of rotatable bonds is 8. The molecule has 0 saturated carbocycles. The Labute approximate surface area is 148 Å². The van der Waals surface area contributed by atoms with Crippen molar-refractivity contribution in [1.82, 2.24) is 9.62 Å². The summed E-state index contributed by atoms with van der Waals surface area (Å²) in [6.07, 6.45) is 0. The van der Waals surface area contributed by atoms with E-state index in [9.17, 15) is 32.5 Å². The first-order valence-electron chi connectivity index (χ1n) is 7.33. The molecule has 1 rings (SSSR count). The number of amides is 1. The first kappa shape index (κ1) is 21.4. The monoisotopic (exact) mass is 391 g/mol. The molecule has 0 aliphatic rings. The SMILES string of the molecule is CC(=O)NCCN(C(C)C(=O)O)S(=O)(=O)c1cc(F)c(C)c([N+](=O)[O-])c1. The van der Waals surface area contributed by atoms with Crippen LogP contribution in [0, 0.1) is 22.9 Å². The van der Waals surface area contributed by atoms with Crippen LogP contribution in [0.2, 0.25) is 0 Å². The third-order valence-electron chi connectivity index (χ3n) is 3.59. The standard InChI is InChI=1S/C14H18FN3O7S/c1-8-12(15)6-11(7-13(8)18(22)23)26(24,25)17(9(2)14(20)21)5-4-16-10(3)19/h6-7,9H,4-5H2,1-3H3,(H,16,19)(H,20,21). The highest BCUT2D eigenvalue weighted by atomic mass is 32.2. The van der Waals surface area contributed by atoms with E-state index < -0.39 is 55.8 Å². The minimum atomic E-state index is -4.58. The molecule has 1 amide bonds. The minimum absolute atomic E-state index is 0.192. The second-order valence-electron chi connectivity index (χ2n) is 5.42. The highest BCUT2D eigenvalue weighted by Crippen LogP contribution is 2.28. The van der Waals surface area contributed by atoms with Crippen LogP contribution in [0.15, 0.2) is 17.0 Å². The zero-order valence-corrected chi connectivity index (χ0v) is 15.0. The summed E-state index contributed by atoms with van der Waals surface area (Å²) in [5, 5.41) is 22.5. The Morgan fingerprint density at radius 2 is 2.00 bits per heavy atom. The lowest BCUT2D eigenvalue weighted by Crippen LogP contribution is -2.46. The summed E-state index contributed by atoms with van der Waals surface area (Å²) in [5.74, 6) is -3.04. The van der Waals surface area contributed by atoms with Crippen molar-refractivity contribution in [3.8, 4) is 0 Å². The van der Waals surface area contributed by atoms with Crippen molar-refractivity contribution in [1.29, 1.82) is 0 Å². The van der Waals surface area contributed by atoms with Crippen LogP contribution >= 0.6 is 0 Å². The van der Waals surface area contributed by atoms with E-state index in [1.807, 2.05) is 0 Å². The maximum atomic E-state index is 14.0. The molecule has 0 fully saturated rings. The average Bonchev–Trinajstić information content (AvgIpc) is 2.52. The predicted molar refractivity (Wildman–Crippen MR) is 87.5 cm³/mol. The van der Waals surface area contributed by atoms with Gasteiger partial charge in [-0.1, -0.05) is 0 Å². The molecule has 0 aliphatic carbocycles. The Bertz CT molecular complexity index is 841. The van der Waals surface area contributed by atoms with Crippen LogP contribution in [0.1, 0.15) is 19.4 Å². The van der Waals surface area contributed by atoms with E-state index in [0.717, 1.165) is 13.8 Å². The van der Waals surface area contributed by atoms with Gasteiger partial charge in [0.05, 0.1) is 15.4 Å². The number of nitrogens with one attached hydrogen (secondary N) is 1. The van der Waals surface area contributed by atoms with Crippen LogP contribution < -0.4 is 5.32 Å². The molecule has 1 aromatic rings. The molecule has 1 atom stereocenters. The summed E-state index contributed by atoms with van der Waals surface area (Å²) >= 11 is 0. The average molecular weight is 391 g/mol. The summed E-state index contributed by atoms with van der Waals surface area (Å²) in [5.41, 5.74) is -1.08. The van der Waals surface area contributed by atoms with Gasteiger partial charge in [0.25, 0.3) is 5.69 Å². The molecule has 0 aromatic heterocycles. The molecule has 0 heterocycles. The number of nitrogens with zero attached hydrogens (tertiary/aromatic N) is 2. The number of carbonyl (C=O) groups excluding carboxylic acids is 1. The molecule has 0 spiro atoms. The lowest BCUT2D eigenvalue weighted by atomic mass is 10.2. The summed E-state index contributed by atoms with van der Waals surface area (Å²) in [4.78, 5) is 31.5. The van der Waals surface area contributed by atoms with Crippen molar-refractivity contribution in [2.45, 2.75) is 31.7 Å². The maximum absolute atomic E-state index is 14.0. The van der Waals surface area contributed by atoms with Gasteiger partial charge in [-0.3, -0.25) is 19.7 Å². The van der Waals surface area contributed by atoms with E-state index in [1.165, 1.54) is 6.92 Å². The second kappa shape index (κ2) is 8.19. The highest BCUT2D eigenvalue weighted by Gasteiger charge is 2.34. The molecule has 0 radical (unpaired) electrons. The number of carboxylic acid groups (broad SMARTS) is 1. The number of halogens is 1. The first-order valence-corrected chi connectivity index (χ1v) is 8.77. The van der Waals surface area contributed by atoms with Gasteiger partial charge in [0, 0.05) is 26.1 Å². The molecule has 12 heteroatoms. The van der Waals surface area contributed by atoms with Crippen LogP contribution in [-0.2, 0) is 19.6 Å². The normalized spacial score (nSPS) is 12.7. The summed E-state index contributed by atoms with van der Waals surface area (Å²) < 4.78 is 40.0. The molecule has 1 unspecified atom stereocenters. The zero-order chi connectivity index (χ0) is 20.2. The van der Waals surface area contributed by atoms with E-state index in [0.29, 0.717) is 16.4 Å². The van der Waals surface area contributed by atoms with Crippen molar-refractivity contribution in [3.05, 3.63) is 33.6 Å². The summed E-state index contributed by atoms with van der Waals surface area (Å²) in [7, 11) is -4.58. The lowest BCUT2D eigenvalue weighted by molar-refractivity contribution is -0.385. The van der Waals surface area contributed by atoms with Crippen molar-refractivity contribution in [3.63, 3.8) is 0 Å². The van der Waals surface area contributed by atoms with Crippen LogP contribution in [0.4, 0.5) is 10.1 Å². The molecule has 1 aromatic carbocycles. The molecule has 10 nitrogen and oxygen atoms in total. The Hall–Kier alpha value is -2.60. The fraction of sp³-hybridized carbons (Fsp3) is 0.429. The molecular formula is C14H18FN3O7S. The second-order valence-corrected chi connectivity index (χ2v) is 7.31. The van der Waals surface area contributed by atoms with Gasteiger partial charge in [-0.15, -0.1) is 0 Å². The fourth-order valence-electron chi connectivity index (χ4n) is 2.10. The number of carboxylic acids is 1. The third kappa shape index (κ3) is 4.73. The molecular weight excluding hydrogens is 373 g/mol. The van der Waals surface area contributed by atoms with Gasteiger partial charge in [-0.05, 0) is 19.9 Å². The fourth-order valence-corrected chi connectivity index (χ4v) is 3.72. The highest BCUT2D eigenvalue weighted by molar-refractivity contribution is 7.89. The molecule has 0 bridgehead atoms. The zero-order valence-electron chi connectivity index (χ0n) is 14.2. The molecule has 0 aliphatic heterocycles. The van der Waals surface area contributed by atoms with E-state index in [2.05, 4.69) is 5.32 Å². The topological polar surface area (TPSA) is 147 Å². The van der Waals surface area contributed by atoms with Crippen LogP contribution in [0.5, 0.6) is 0 Å². The van der Waals surface area contributed by atoms with E-state index in [-0.39, 0.29) is 12.1 Å². The van der Waals surface area contributed by atoms with Crippen molar-refractivity contribution >= 4 is 27.6 Å². The van der Waals surface area contributed by atoms with Crippen LogP contribution in [0.25, 0.3) is 0 Å². The van der Waals surface area contributed by atoms with Crippen LogP contribution in [0.3, 0.4) is 0 Å². The number of aliphatic carboxylic acids is 1. The Kier molecular flexibility index (Phi) is 6.75. The van der Waals surface area contributed by atoms with Gasteiger partial charge in [0.2, 0.25) is 15.9 Å². The number of carbonyl (C=O) groups is 2. The molecule has 0 saturated heterocycles. The van der Waals surface area contributed by atoms with E-state index in [1.54, 1.807) is 0 Å². The van der Waals surface area contributed by atoms with Gasteiger partial charge >= 0.3 is 5.97 Å². The number of nitro groups is 1. The van der Waals surface area contributed by atoms with E-state index in [4.69, 9.17) is 5.11 Å². The maximum Gasteiger partial charge on any atom is 0.321 e. The number of hydrogen-bond donors (Lipinski definition) is 2. The predicted octanol–water partition coefficient (Wildman–Crippen LogP) is 0.642. The minimum Gasteiger partial charge on any atom is -0.480 e. The van der Waals surface area contributed by atoms with Gasteiger partial charge in [0.1, 0.15) is 11.9 Å². The first-order chi connectivity index (χ1) is 11.9. The van der Waals surface area contributed by atoms with E-state index >= 15 is 0 Å². The Morgan fingerprint density at radius 3 is 2.46 bits per heavy atom. The third-order valence-corrected chi connectivity index (χ3v) is 5.54. The number of sulfonamides is 1. The lowest BCUT2D eigenvalue weighted by Gasteiger charge is -2.25. The van der Waals surface area contributed by atoms with Crippen LogP contribution in [-0.4, -0.2) is 53.8 Å². The molecule has 144 valence electrons. The summed E-state index contributed by atoms with van der Waals surface area (Å²) in [6.45, 7) is 2.80. The smallest absolute Gasteiger partial charge is 0.321 e. The van der Waals surface area contributed by atoms with Gasteiger partial charge in [-0.2, -0.15) is 4.31 Å². The summed E-state index contributed by atoms with van der Waals surface area (Å²) in [6, 6.07) is -0.275. The molecule has 26 heavy (non-hydrogen) atoms. The Morgan fingerprint density at radius 1 is 1.42 bits per heavy atom.